The highest BCUT2D eigenvalue weighted by atomic mass is 35.5. The number of benzene rings is 3. The van der Waals surface area contributed by atoms with E-state index in [2.05, 4.69) is 10.4 Å². The van der Waals surface area contributed by atoms with Crippen LogP contribution in [0.2, 0.25) is 5.02 Å². The molecule has 0 spiro atoms. The van der Waals surface area contributed by atoms with Crippen molar-refractivity contribution in [3.8, 4) is 5.75 Å². The first kappa shape index (κ1) is 21.6. The van der Waals surface area contributed by atoms with Crippen LogP contribution in [-0.2, 0) is 13.2 Å². The summed E-state index contributed by atoms with van der Waals surface area (Å²) in [6, 6.07) is 20.7. The largest absolute Gasteiger partial charge is 0.489 e. The van der Waals surface area contributed by atoms with Gasteiger partial charge in [-0.2, -0.15) is 5.10 Å². The minimum atomic E-state index is -0.291. The Morgan fingerprint density at radius 1 is 1.06 bits per heavy atom. The second-order valence-electron chi connectivity index (χ2n) is 7.38. The van der Waals surface area contributed by atoms with E-state index in [4.69, 9.17) is 16.3 Å². The van der Waals surface area contributed by atoms with Gasteiger partial charge in [-0.15, -0.1) is 0 Å². The molecule has 0 radical (unpaired) electrons. The van der Waals surface area contributed by atoms with Gasteiger partial charge in [0.15, 0.2) is 5.82 Å². The molecular formula is C25H21ClFN3O2. The Morgan fingerprint density at radius 3 is 2.62 bits per heavy atom. The lowest BCUT2D eigenvalue weighted by Gasteiger charge is -2.08. The van der Waals surface area contributed by atoms with Crippen molar-refractivity contribution < 1.29 is 13.9 Å². The Hall–Kier alpha value is -3.64. The Kier molecular flexibility index (Phi) is 6.52. The number of aryl methyl sites for hydroxylation is 1. The van der Waals surface area contributed by atoms with Crippen molar-refractivity contribution in [3.05, 3.63) is 112 Å². The van der Waals surface area contributed by atoms with Crippen molar-refractivity contribution in [2.24, 2.45) is 0 Å². The molecule has 1 aromatic heterocycles. The zero-order valence-electron chi connectivity index (χ0n) is 17.4. The van der Waals surface area contributed by atoms with E-state index >= 15 is 0 Å². The van der Waals surface area contributed by atoms with Crippen molar-refractivity contribution in [2.45, 2.75) is 20.1 Å². The maximum Gasteiger partial charge on any atom is 0.256 e. The molecule has 3 aromatic carbocycles. The van der Waals surface area contributed by atoms with Gasteiger partial charge in [0.1, 0.15) is 18.2 Å². The quantitative estimate of drug-likeness (QED) is 0.384. The number of rotatable bonds is 7. The van der Waals surface area contributed by atoms with Gasteiger partial charge in [-0.3, -0.25) is 9.48 Å². The number of carbonyl (C=O) groups is 1. The normalized spacial score (nSPS) is 10.7. The number of amides is 1. The van der Waals surface area contributed by atoms with Crippen LogP contribution in [-0.4, -0.2) is 15.7 Å². The Balaban J connectivity index is 1.32. The van der Waals surface area contributed by atoms with Crippen LogP contribution in [0.1, 0.15) is 27.0 Å². The summed E-state index contributed by atoms with van der Waals surface area (Å²) in [4.78, 5) is 12.5. The Morgan fingerprint density at radius 2 is 1.88 bits per heavy atom. The lowest BCUT2D eigenvalue weighted by Crippen LogP contribution is -2.13. The summed E-state index contributed by atoms with van der Waals surface area (Å²) in [5.74, 6) is 0.613. The molecule has 4 rings (SSSR count). The third kappa shape index (κ3) is 5.53. The SMILES string of the molecule is Cc1cc(OCc2ccc(C(=O)Nc3ccn(Cc4cccc(F)c4)n3)cc2)ccc1Cl. The van der Waals surface area contributed by atoms with Gasteiger partial charge in [0, 0.05) is 22.8 Å². The number of anilines is 1. The molecule has 7 heteroatoms. The molecular weight excluding hydrogens is 429 g/mol. The molecule has 0 atom stereocenters. The van der Waals surface area contributed by atoms with Crippen LogP contribution < -0.4 is 10.1 Å². The van der Waals surface area contributed by atoms with Crippen LogP contribution >= 0.6 is 11.6 Å². The van der Waals surface area contributed by atoms with E-state index in [-0.39, 0.29) is 11.7 Å². The van der Waals surface area contributed by atoms with Crippen molar-refractivity contribution in [1.29, 1.82) is 0 Å². The van der Waals surface area contributed by atoms with Crippen molar-refractivity contribution >= 4 is 23.3 Å². The molecule has 5 nitrogen and oxygen atoms in total. The molecule has 0 bridgehead atoms. The minimum absolute atomic E-state index is 0.262. The van der Waals surface area contributed by atoms with Gasteiger partial charge >= 0.3 is 0 Å². The van der Waals surface area contributed by atoms with E-state index in [0.717, 1.165) is 22.4 Å². The molecule has 32 heavy (non-hydrogen) atoms. The van der Waals surface area contributed by atoms with Crippen LogP contribution in [0.5, 0.6) is 5.75 Å². The van der Waals surface area contributed by atoms with Gasteiger partial charge in [-0.05, 0) is 66.1 Å². The Bertz CT molecular complexity index is 1240. The average Bonchev–Trinajstić information content (AvgIpc) is 3.21. The summed E-state index contributed by atoms with van der Waals surface area (Å²) in [6.45, 7) is 2.72. The topological polar surface area (TPSA) is 56.1 Å². The smallest absolute Gasteiger partial charge is 0.256 e. The average molecular weight is 450 g/mol. The zero-order chi connectivity index (χ0) is 22.5. The summed E-state index contributed by atoms with van der Waals surface area (Å²) < 4.78 is 20.8. The maximum atomic E-state index is 13.3. The molecule has 1 amide bonds. The van der Waals surface area contributed by atoms with Gasteiger partial charge in [-0.1, -0.05) is 35.9 Å². The predicted molar refractivity (Wildman–Crippen MR) is 123 cm³/mol. The van der Waals surface area contributed by atoms with Gasteiger partial charge in [-0.25, -0.2) is 4.39 Å². The van der Waals surface area contributed by atoms with E-state index in [0.29, 0.717) is 29.6 Å². The van der Waals surface area contributed by atoms with Crippen molar-refractivity contribution in [3.63, 3.8) is 0 Å². The second-order valence-corrected chi connectivity index (χ2v) is 7.79. The summed E-state index contributed by atoms with van der Waals surface area (Å²) >= 11 is 6.03. The minimum Gasteiger partial charge on any atom is -0.489 e. The fourth-order valence-corrected chi connectivity index (χ4v) is 3.27. The molecule has 1 N–H and O–H groups in total. The molecule has 0 unspecified atom stereocenters. The number of hydrogen-bond donors (Lipinski definition) is 1. The van der Waals surface area contributed by atoms with Crippen LogP contribution in [0.15, 0.2) is 79.0 Å². The maximum absolute atomic E-state index is 13.3. The van der Waals surface area contributed by atoms with Crippen LogP contribution in [0.25, 0.3) is 0 Å². The molecule has 0 saturated carbocycles. The second kappa shape index (κ2) is 9.66. The summed E-state index contributed by atoms with van der Waals surface area (Å²) in [7, 11) is 0. The van der Waals surface area contributed by atoms with Crippen LogP contribution in [0.4, 0.5) is 10.2 Å². The van der Waals surface area contributed by atoms with E-state index in [9.17, 15) is 9.18 Å². The monoisotopic (exact) mass is 449 g/mol. The number of hydrogen-bond acceptors (Lipinski definition) is 3. The molecule has 4 aromatic rings. The Labute approximate surface area is 190 Å². The van der Waals surface area contributed by atoms with E-state index in [1.807, 2.05) is 37.3 Å². The lowest BCUT2D eigenvalue weighted by molar-refractivity contribution is 0.102. The van der Waals surface area contributed by atoms with E-state index in [1.165, 1.54) is 12.1 Å². The summed E-state index contributed by atoms with van der Waals surface area (Å²) in [5, 5.41) is 7.80. The third-order valence-electron chi connectivity index (χ3n) is 4.87. The number of nitrogens with zero attached hydrogens (tertiary/aromatic N) is 2. The number of halogens is 2. The van der Waals surface area contributed by atoms with E-state index < -0.39 is 0 Å². The highest BCUT2D eigenvalue weighted by Gasteiger charge is 2.09. The molecule has 162 valence electrons. The number of ether oxygens (including phenoxy) is 1. The first-order chi connectivity index (χ1) is 15.5. The number of nitrogens with one attached hydrogen (secondary N) is 1. The van der Waals surface area contributed by atoms with Crippen molar-refractivity contribution in [1.82, 2.24) is 9.78 Å². The number of carbonyl (C=O) groups excluding carboxylic acids is 1. The fourth-order valence-electron chi connectivity index (χ4n) is 3.15. The van der Waals surface area contributed by atoms with E-state index in [1.54, 1.807) is 41.2 Å². The number of aromatic nitrogens is 2. The third-order valence-corrected chi connectivity index (χ3v) is 5.29. The van der Waals surface area contributed by atoms with Crippen LogP contribution in [0.3, 0.4) is 0 Å². The molecule has 1 heterocycles. The zero-order valence-corrected chi connectivity index (χ0v) is 18.1. The highest BCUT2D eigenvalue weighted by molar-refractivity contribution is 6.31. The first-order valence-electron chi connectivity index (χ1n) is 10.0. The van der Waals surface area contributed by atoms with Gasteiger partial charge in [0.2, 0.25) is 0 Å². The standard InChI is InChI=1S/C25H21ClFN3O2/c1-17-13-22(9-10-23(17)26)32-16-18-5-7-20(8-6-18)25(31)28-24-11-12-30(29-24)15-19-3-2-4-21(27)14-19/h2-14H,15-16H2,1H3,(H,28,29,31). The van der Waals surface area contributed by atoms with Gasteiger partial charge < -0.3 is 10.1 Å². The summed E-state index contributed by atoms with van der Waals surface area (Å²) in [5.41, 5.74) is 3.19. The summed E-state index contributed by atoms with van der Waals surface area (Å²) in [6.07, 6.45) is 1.74. The molecule has 0 aliphatic heterocycles. The highest BCUT2D eigenvalue weighted by Crippen LogP contribution is 2.22. The first-order valence-corrected chi connectivity index (χ1v) is 10.4. The van der Waals surface area contributed by atoms with Gasteiger partial charge in [0.25, 0.3) is 5.91 Å². The van der Waals surface area contributed by atoms with Crippen LogP contribution in [0, 0.1) is 12.7 Å². The van der Waals surface area contributed by atoms with Crippen molar-refractivity contribution in [2.75, 3.05) is 5.32 Å². The molecule has 0 aliphatic carbocycles. The molecule has 0 fully saturated rings. The molecule has 0 aliphatic rings. The molecule has 0 saturated heterocycles. The predicted octanol–water partition coefficient (Wildman–Crippen LogP) is 5.86. The van der Waals surface area contributed by atoms with Gasteiger partial charge in [0.05, 0.1) is 6.54 Å². The lowest BCUT2D eigenvalue weighted by atomic mass is 10.1. The fraction of sp³-hybridized carbons (Fsp3) is 0.120.